The molecule has 6 nitrogen and oxygen atoms in total. The van der Waals surface area contributed by atoms with E-state index in [0.717, 1.165) is 0 Å². The Morgan fingerprint density at radius 2 is 1.14 bits per heavy atom. The molecule has 128 valence electrons. The van der Waals surface area contributed by atoms with E-state index >= 15 is 0 Å². The summed E-state index contributed by atoms with van der Waals surface area (Å²) in [6, 6.07) is 0. The van der Waals surface area contributed by atoms with Crippen molar-refractivity contribution in [1.29, 1.82) is 0 Å². The monoisotopic (exact) mass is 344 g/mol. The Labute approximate surface area is 137 Å². The fourth-order valence-corrected chi connectivity index (χ4v) is 0.983. The predicted octanol–water partition coefficient (Wildman–Crippen LogP) is 1.41. The highest BCUT2D eigenvalue weighted by molar-refractivity contribution is 7.80. The van der Waals surface area contributed by atoms with E-state index in [-0.39, 0.29) is 31.3 Å². The summed E-state index contributed by atoms with van der Waals surface area (Å²) < 4.78 is 0. The van der Waals surface area contributed by atoms with Gasteiger partial charge in [0.1, 0.15) is 0 Å². The summed E-state index contributed by atoms with van der Waals surface area (Å²) in [5.74, 6) is 0.184. The molecule has 0 fully saturated rings. The summed E-state index contributed by atoms with van der Waals surface area (Å²) in [7, 11) is 0. The van der Waals surface area contributed by atoms with Gasteiger partial charge in [-0.1, -0.05) is 13.8 Å². The Morgan fingerprint density at radius 1 is 0.905 bits per heavy atom. The second-order valence-corrected chi connectivity index (χ2v) is 5.53. The topological polar surface area (TPSA) is 115 Å². The smallest absolute Gasteiger partial charge is 0.303 e. The highest BCUT2D eigenvalue weighted by atomic mass is 32.1. The lowest BCUT2D eigenvalue weighted by atomic mass is 10.1. The Hall–Kier alpha value is -0.440. The van der Waals surface area contributed by atoms with Crippen LogP contribution in [0.2, 0.25) is 0 Å². The molecule has 0 radical (unpaired) electrons. The van der Waals surface area contributed by atoms with Crippen molar-refractivity contribution in [2.24, 2.45) is 11.8 Å². The van der Waals surface area contributed by atoms with Crippen molar-refractivity contribution in [3.63, 3.8) is 0 Å². The zero-order chi connectivity index (χ0) is 17.4. The minimum Gasteiger partial charge on any atom is -0.481 e. The number of hydrogen-bond donors (Lipinski definition) is 6. The molecule has 8 heteroatoms. The van der Waals surface area contributed by atoms with Gasteiger partial charge >= 0.3 is 11.9 Å². The number of aliphatic hydroxyl groups is 2. The summed E-state index contributed by atoms with van der Waals surface area (Å²) in [6.07, 6.45) is -0.109. The third-order valence-corrected chi connectivity index (χ3v) is 3.18. The molecule has 4 N–H and O–H groups in total. The number of carboxylic acids is 2. The van der Waals surface area contributed by atoms with Gasteiger partial charge in [-0.2, -0.15) is 25.3 Å². The third kappa shape index (κ3) is 32.8. The quantitative estimate of drug-likeness (QED) is 0.389. The fourth-order valence-electron chi connectivity index (χ4n) is 0.725. The molecule has 0 spiro atoms. The first-order valence-corrected chi connectivity index (χ1v) is 7.81. The first kappa shape index (κ1) is 25.5. The van der Waals surface area contributed by atoms with E-state index in [4.69, 9.17) is 20.4 Å². The van der Waals surface area contributed by atoms with Crippen LogP contribution in [0.4, 0.5) is 0 Å². The van der Waals surface area contributed by atoms with Crippen molar-refractivity contribution >= 4 is 37.2 Å². The molecule has 0 rings (SSSR count). The van der Waals surface area contributed by atoms with Crippen LogP contribution in [0.25, 0.3) is 0 Å². The third-order valence-electron chi connectivity index (χ3n) is 1.93. The van der Waals surface area contributed by atoms with Crippen LogP contribution in [0.5, 0.6) is 0 Å². The van der Waals surface area contributed by atoms with Gasteiger partial charge in [0.05, 0.1) is 12.7 Å². The standard InChI is InChI=1S/2C5H10O2S.C3H8O2/c2*1-4(3-8)2-5(6)7;1-3(5)2-4/h2*4,8H,2-3H2,1H3,(H,6,7);3-5H,2H2,1H3. The van der Waals surface area contributed by atoms with Crippen LogP contribution >= 0.6 is 25.3 Å². The summed E-state index contributed by atoms with van der Waals surface area (Å²) in [5.41, 5.74) is 0. The summed E-state index contributed by atoms with van der Waals surface area (Å²) in [4.78, 5) is 19.9. The van der Waals surface area contributed by atoms with E-state index in [2.05, 4.69) is 25.3 Å². The zero-order valence-electron chi connectivity index (χ0n) is 12.8. The average Bonchev–Trinajstić information content (AvgIpc) is 2.38. The van der Waals surface area contributed by atoms with Crippen LogP contribution in [-0.2, 0) is 9.59 Å². The SMILES string of the molecule is CC(CS)CC(=O)O.CC(CS)CC(=O)O.CC(O)CO. The Bertz CT molecular complexity index is 239. The van der Waals surface area contributed by atoms with Crippen molar-refractivity contribution in [3.8, 4) is 0 Å². The number of rotatable bonds is 7. The maximum Gasteiger partial charge on any atom is 0.303 e. The summed E-state index contributed by atoms with van der Waals surface area (Å²) in [6.45, 7) is 5.11. The molecule has 21 heavy (non-hydrogen) atoms. The lowest BCUT2D eigenvalue weighted by molar-refractivity contribution is -0.138. The maximum atomic E-state index is 9.93. The first-order chi connectivity index (χ1) is 9.60. The average molecular weight is 344 g/mol. The normalized spacial score (nSPS) is 13.7. The van der Waals surface area contributed by atoms with E-state index in [9.17, 15) is 9.59 Å². The van der Waals surface area contributed by atoms with Crippen molar-refractivity contribution in [2.75, 3.05) is 18.1 Å². The van der Waals surface area contributed by atoms with Gasteiger partial charge in [-0.15, -0.1) is 0 Å². The number of aliphatic hydroxyl groups excluding tert-OH is 2. The summed E-state index contributed by atoms with van der Waals surface area (Å²) >= 11 is 7.85. The van der Waals surface area contributed by atoms with E-state index in [1.54, 1.807) is 0 Å². The van der Waals surface area contributed by atoms with Crippen LogP contribution in [0, 0.1) is 11.8 Å². The van der Waals surface area contributed by atoms with Gasteiger partial charge in [0.15, 0.2) is 0 Å². The Balaban J connectivity index is -0.000000239. The van der Waals surface area contributed by atoms with Crippen molar-refractivity contribution in [1.82, 2.24) is 0 Å². The highest BCUT2D eigenvalue weighted by Gasteiger charge is 2.03. The highest BCUT2D eigenvalue weighted by Crippen LogP contribution is 2.02. The van der Waals surface area contributed by atoms with Crippen molar-refractivity contribution in [2.45, 2.75) is 39.7 Å². The maximum absolute atomic E-state index is 9.93. The first-order valence-electron chi connectivity index (χ1n) is 6.54. The molecule has 0 aromatic rings. The zero-order valence-corrected chi connectivity index (χ0v) is 14.6. The Morgan fingerprint density at radius 3 is 1.19 bits per heavy atom. The van der Waals surface area contributed by atoms with Gasteiger partial charge in [-0.25, -0.2) is 0 Å². The Kier molecular flexibility index (Phi) is 21.4. The van der Waals surface area contributed by atoms with Crippen molar-refractivity contribution in [3.05, 3.63) is 0 Å². The second kappa shape index (κ2) is 17.6. The molecule has 0 bridgehead atoms. The minimum atomic E-state index is -0.744. The molecule has 0 aliphatic carbocycles. The van der Waals surface area contributed by atoms with Gasteiger partial charge in [0, 0.05) is 12.8 Å². The molecule has 0 amide bonds. The number of thiol groups is 2. The van der Waals surface area contributed by atoms with Gasteiger partial charge in [0.25, 0.3) is 0 Å². The molecule has 0 aromatic carbocycles. The van der Waals surface area contributed by atoms with Crippen LogP contribution in [0.15, 0.2) is 0 Å². The van der Waals surface area contributed by atoms with Crippen LogP contribution in [-0.4, -0.2) is 56.6 Å². The molecule has 3 atom stereocenters. The van der Waals surface area contributed by atoms with Crippen LogP contribution in [0.3, 0.4) is 0 Å². The number of carbonyl (C=O) groups is 2. The lowest BCUT2D eigenvalue weighted by Crippen LogP contribution is -2.04. The molecular weight excluding hydrogens is 316 g/mol. The van der Waals surface area contributed by atoms with Crippen LogP contribution < -0.4 is 0 Å². The van der Waals surface area contributed by atoms with Gasteiger partial charge in [-0.05, 0) is 30.3 Å². The van der Waals surface area contributed by atoms with E-state index < -0.39 is 18.0 Å². The molecule has 0 aliphatic heterocycles. The predicted molar refractivity (Wildman–Crippen MR) is 89.3 cm³/mol. The number of aliphatic carboxylic acids is 2. The fraction of sp³-hybridized carbons (Fsp3) is 0.846. The van der Waals surface area contributed by atoms with Crippen molar-refractivity contribution < 1.29 is 30.0 Å². The summed E-state index contributed by atoms with van der Waals surface area (Å²) in [5, 5.41) is 32.4. The number of hydrogen-bond acceptors (Lipinski definition) is 6. The van der Waals surface area contributed by atoms with Gasteiger partial charge < -0.3 is 20.4 Å². The van der Waals surface area contributed by atoms with E-state index in [1.165, 1.54) is 6.92 Å². The van der Waals surface area contributed by atoms with E-state index in [0.29, 0.717) is 11.5 Å². The lowest BCUT2D eigenvalue weighted by Gasteiger charge is -2.00. The second-order valence-electron chi connectivity index (χ2n) is 4.80. The van der Waals surface area contributed by atoms with E-state index in [1.807, 2.05) is 13.8 Å². The molecule has 0 aliphatic rings. The molecule has 0 saturated carbocycles. The number of carboxylic acid groups (broad SMARTS) is 2. The van der Waals surface area contributed by atoms with Gasteiger partial charge in [0.2, 0.25) is 0 Å². The minimum absolute atomic E-state index is 0.139. The molecule has 0 saturated heterocycles. The molecular formula is C13H28O6S2. The molecule has 0 heterocycles. The molecule has 3 unspecified atom stereocenters. The molecule has 0 aromatic heterocycles. The van der Waals surface area contributed by atoms with Crippen LogP contribution in [0.1, 0.15) is 33.6 Å². The van der Waals surface area contributed by atoms with Gasteiger partial charge in [-0.3, -0.25) is 9.59 Å². The largest absolute Gasteiger partial charge is 0.481 e.